The highest BCUT2D eigenvalue weighted by molar-refractivity contribution is 5.91. The molecular weight excluding hydrogens is 270 g/mol. The summed E-state index contributed by atoms with van der Waals surface area (Å²) in [6, 6.07) is 2.66. The van der Waals surface area contributed by atoms with Crippen LogP contribution in [0, 0.1) is 12.8 Å². The molecule has 1 aliphatic heterocycles. The van der Waals surface area contributed by atoms with Crippen molar-refractivity contribution in [3.63, 3.8) is 0 Å². The Balaban J connectivity index is 2.13. The minimum Gasteiger partial charge on any atom is -0.508 e. The Morgan fingerprint density at radius 2 is 1.76 bits per heavy atom. The lowest BCUT2D eigenvalue weighted by atomic mass is 9.83. The smallest absolute Gasteiger partial charge is 0.338 e. The van der Waals surface area contributed by atoms with Crippen LogP contribution in [0.4, 0.5) is 0 Å². The van der Waals surface area contributed by atoms with Gasteiger partial charge in [0.05, 0.1) is 5.56 Å². The second-order valence-electron chi connectivity index (χ2n) is 6.16. The number of carbonyl (C=O) groups excluding carboxylic acids is 1. The Morgan fingerprint density at radius 3 is 2.29 bits per heavy atom. The lowest BCUT2D eigenvalue weighted by Gasteiger charge is -2.36. The summed E-state index contributed by atoms with van der Waals surface area (Å²) in [4.78, 5) is 12.3. The van der Waals surface area contributed by atoms with Crippen LogP contribution in [0.1, 0.15) is 42.6 Å². The molecule has 0 bridgehead atoms. The molecule has 1 heterocycles. The van der Waals surface area contributed by atoms with E-state index in [1.165, 1.54) is 12.1 Å². The second kappa shape index (κ2) is 5.93. The monoisotopic (exact) mass is 293 g/mol. The molecule has 0 atom stereocenters. The average molecular weight is 293 g/mol. The lowest BCUT2D eigenvalue weighted by molar-refractivity contribution is -0.0368. The Morgan fingerprint density at radius 1 is 1.24 bits per heavy atom. The van der Waals surface area contributed by atoms with Crippen LogP contribution in [-0.4, -0.2) is 34.9 Å². The number of phenols is 2. The van der Waals surface area contributed by atoms with Gasteiger partial charge in [-0.15, -0.1) is 0 Å². The first kappa shape index (κ1) is 15.6. The number of benzene rings is 1. The van der Waals surface area contributed by atoms with Gasteiger partial charge < -0.3 is 20.3 Å². The molecule has 0 radical (unpaired) electrons. The van der Waals surface area contributed by atoms with Gasteiger partial charge in [0.1, 0.15) is 17.1 Å². The summed E-state index contributed by atoms with van der Waals surface area (Å²) in [5.41, 5.74) is -0.0586. The predicted molar refractivity (Wildman–Crippen MR) is 79.6 cm³/mol. The Kier molecular flexibility index (Phi) is 4.42. The van der Waals surface area contributed by atoms with Crippen molar-refractivity contribution in [1.29, 1.82) is 0 Å². The maximum Gasteiger partial charge on any atom is 0.338 e. The number of ether oxygens (including phenoxy) is 1. The number of rotatable bonds is 3. The van der Waals surface area contributed by atoms with Crippen molar-refractivity contribution in [3.8, 4) is 11.5 Å². The molecule has 5 heteroatoms. The van der Waals surface area contributed by atoms with Gasteiger partial charge in [0.25, 0.3) is 0 Å². The van der Waals surface area contributed by atoms with E-state index in [-0.39, 0.29) is 17.1 Å². The Labute approximate surface area is 124 Å². The molecule has 1 aromatic rings. The maximum absolute atomic E-state index is 12.3. The molecule has 0 unspecified atom stereocenters. The van der Waals surface area contributed by atoms with Crippen LogP contribution in [0.2, 0.25) is 0 Å². The summed E-state index contributed by atoms with van der Waals surface area (Å²) < 4.78 is 5.62. The van der Waals surface area contributed by atoms with E-state index >= 15 is 0 Å². The number of hydrogen-bond acceptors (Lipinski definition) is 5. The molecule has 1 saturated heterocycles. The highest BCUT2D eigenvalue weighted by atomic mass is 16.6. The molecule has 0 aliphatic carbocycles. The largest absolute Gasteiger partial charge is 0.508 e. The van der Waals surface area contributed by atoms with E-state index < -0.39 is 11.6 Å². The molecule has 2 rings (SSSR count). The number of esters is 1. The van der Waals surface area contributed by atoms with E-state index in [1.807, 2.05) is 13.8 Å². The van der Waals surface area contributed by atoms with Gasteiger partial charge in [-0.2, -0.15) is 0 Å². The minimum absolute atomic E-state index is 0.110. The molecule has 5 nitrogen and oxygen atoms in total. The first-order valence-electron chi connectivity index (χ1n) is 7.28. The fraction of sp³-hybridized carbons (Fsp3) is 0.562. The summed E-state index contributed by atoms with van der Waals surface area (Å²) in [5, 5.41) is 22.7. The third-order valence-electron chi connectivity index (χ3n) is 4.27. The van der Waals surface area contributed by atoms with Crippen LogP contribution in [0.25, 0.3) is 0 Å². The number of hydrogen-bond donors (Lipinski definition) is 3. The van der Waals surface area contributed by atoms with Gasteiger partial charge in [-0.05, 0) is 58.8 Å². The normalized spacial score (nSPS) is 16.7. The van der Waals surface area contributed by atoms with Crippen molar-refractivity contribution in [2.24, 2.45) is 5.92 Å². The van der Waals surface area contributed by atoms with Gasteiger partial charge in [0.15, 0.2) is 0 Å². The molecule has 3 N–H and O–H groups in total. The van der Waals surface area contributed by atoms with Gasteiger partial charge in [0.2, 0.25) is 0 Å². The number of aromatic hydroxyl groups is 2. The number of carbonyl (C=O) groups is 1. The number of piperidine rings is 1. The molecule has 1 fully saturated rings. The van der Waals surface area contributed by atoms with E-state index in [0.29, 0.717) is 11.5 Å². The third-order valence-corrected chi connectivity index (χ3v) is 4.27. The zero-order chi connectivity index (χ0) is 15.6. The zero-order valence-corrected chi connectivity index (χ0v) is 12.8. The zero-order valence-electron chi connectivity index (χ0n) is 12.8. The number of nitrogens with one attached hydrogen (secondary N) is 1. The van der Waals surface area contributed by atoms with Gasteiger partial charge in [0, 0.05) is 11.5 Å². The molecule has 1 aliphatic rings. The fourth-order valence-electron chi connectivity index (χ4n) is 2.70. The highest BCUT2D eigenvalue weighted by Crippen LogP contribution is 2.32. The third kappa shape index (κ3) is 3.47. The Hall–Kier alpha value is -1.75. The summed E-state index contributed by atoms with van der Waals surface area (Å²) in [6.07, 6.45) is 1.93. The fourth-order valence-corrected chi connectivity index (χ4v) is 2.70. The SMILES string of the molecule is Cc1c(O)cc(C(=O)OC(C)(C)C2CCNCC2)cc1O. The van der Waals surface area contributed by atoms with Crippen LogP contribution in [0.3, 0.4) is 0 Å². The van der Waals surface area contributed by atoms with Crippen LogP contribution < -0.4 is 5.32 Å². The molecular formula is C16H23NO4. The molecule has 0 spiro atoms. The lowest BCUT2D eigenvalue weighted by Crippen LogP contribution is -2.42. The van der Waals surface area contributed by atoms with E-state index in [2.05, 4.69) is 5.32 Å². The topological polar surface area (TPSA) is 78.8 Å². The number of phenolic OH excluding ortho intramolecular Hbond substituents is 2. The van der Waals surface area contributed by atoms with Crippen molar-refractivity contribution in [2.45, 2.75) is 39.2 Å². The molecule has 0 amide bonds. The first-order chi connectivity index (χ1) is 9.81. The van der Waals surface area contributed by atoms with Crippen LogP contribution in [0.5, 0.6) is 11.5 Å². The summed E-state index contributed by atoms with van der Waals surface area (Å²) in [5.74, 6) is -0.442. The second-order valence-corrected chi connectivity index (χ2v) is 6.16. The van der Waals surface area contributed by atoms with Crippen molar-refractivity contribution < 1.29 is 19.7 Å². The van der Waals surface area contributed by atoms with Crippen LogP contribution in [0.15, 0.2) is 12.1 Å². The van der Waals surface area contributed by atoms with Gasteiger partial charge in [-0.25, -0.2) is 4.79 Å². The van der Waals surface area contributed by atoms with Crippen LogP contribution in [-0.2, 0) is 4.74 Å². The van der Waals surface area contributed by atoms with E-state index in [1.54, 1.807) is 6.92 Å². The molecule has 21 heavy (non-hydrogen) atoms. The first-order valence-corrected chi connectivity index (χ1v) is 7.28. The van der Waals surface area contributed by atoms with E-state index in [4.69, 9.17) is 4.74 Å². The van der Waals surface area contributed by atoms with E-state index in [9.17, 15) is 15.0 Å². The van der Waals surface area contributed by atoms with Crippen molar-refractivity contribution >= 4 is 5.97 Å². The highest BCUT2D eigenvalue weighted by Gasteiger charge is 2.34. The Bertz CT molecular complexity index is 510. The van der Waals surface area contributed by atoms with E-state index in [0.717, 1.165) is 25.9 Å². The van der Waals surface area contributed by atoms with Gasteiger partial charge >= 0.3 is 5.97 Å². The van der Waals surface area contributed by atoms with Gasteiger partial charge in [-0.3, -0.25) is 0 Å². The van der Waals surface area contributed by atoms with Crippen molar-refractivity contribution in [1.82, 2.24) is 5.32 Å². The minimum atomic E-state index is -0.574. The molecule has 0 aromatic heterocycles. The molecule has 116 valence electrons. The van der Waals surface area contributed by atoms with Crippen LogP contribution >= 0.6 is 0 Å². The maximum atomic E-state index is 12.3. The molecule has 0 saturated carbocycles. The molecule has 1 aromatic carbocycles. The van der Waals surface area contributed by atoms with Gasteiger partial charge in [-0.1, -0.05) is 0 Å². The summed E-state index contributed by atoms with van der Waals surface area (Å²) in [7, 11) is 0. The summed E-state index contributed by atoms with van der Waals surface area (Å²) in [6.45, 7) is 7.26. The standard InChI is InChI=1S/C16H23NO4/c1-10-13(18)8-11(9-14(10)19)15(20)21-16(2,3)12-4-6-17-7-5-12/h8-9,12,17-19H,4-7H2,1-3H3. The van der Waals surface area contributed by atoms with Crippen molar-refractivity contribution in [2.75, 3.05) is 13.1 Å². The predicted octanol–water partition coefficient (Wildman–Crippen LogP) is 2.34. The quantitative estimate of drug-likeness (QED) is 0.746. The van der Waals surface area contributed by atoms with Crippen molar-refractivity contribution in [3.05, 3.63) is 23.3 Å². The average Bonchev–Trinajstić information content (AvgIpc) is 2.44. The summed E-state index contributed by atoms with van der Waals surface area (Å²) >= 11 is 0.